The molecule has 0 aliphatic carbocycles. The van der Waals surface area contributed by atoms with Crippen LogP contribution in [0.5, 0.6) is 0 Å². The van der Waals surface area contributed by atoms with Crippen LogP contribution in [0.4, 0.5) is 0 Å². The molecule has 1 saturated heterocycles. The Labute approximate surface area is 127 Å². The largest absolute Gasteiger partial charge is 0.453 e. The Bertz CT molecular complexity index is 534. The molecular weight excluding hydrogens is 290 g/mol. The minimum atomic E-state index is -1.38. The summed E-state index contributed by atoms with van der Waals surface area (Å²) in [5, 5.41) is 22.5. The van der Waals surface area contributed by atoms with Gasteiger partial charge in [0.25, 0.3) is 0 Å². The second-order valence-corrected chi connectivity index (χ2v) is 5.18. The lowest BCUT2D eigenvalue weighted by Crippen LogP contribution is -2.63. The monoisotopic (exact) mass is 309 g/mol. The molecule has 0 spiro atoms. The highest BCUT2D eigenvalue weighted by Crippen LogP contribution is 2.23. The van der Waals surface area contributed by atoms with Crippen molar-refractivity contribution in [3.8, 4) is 0 Å². The SMILES string of the molecule is CC(=O)N[C@@H]1C(O)O[C@@H](C)[C@@H](O)[C@H]1OC(=O)c1ccccc1. The molecule has 22 heavy (non-hydrogen) atoms. The molecule has 7 nitrogen and oxygen atoms in total. The predicted molar refractivity (Wildman–Crippen MR) is 75.8 cm³/mol. The third-order valence-electron chi connectivity index (χ3n) is 3.46. The zero-order chi connectivity index (χ0) is 16.3. The van der Waals surface area contributed by atoms with Gasteiger partial charge in [0, 0.05) is 6.92 Å². The Balaban J connectivity index is 2.18. The number of ether oxygens (including phenoxy) is 2. The van der Waals surface area contributed by atoms with Crippen LogP contribution in [0.2, 0.25) is 0 Å². The lowest BCUT2D eigenvalue weighted by molar-refractivity contribution is -0.242. The summed E-state index contributed by atoms with van der Waals surface area (Å²) in [5.41, 5.74) is 0.310. The van der Waals surface area contributed by atoms with Crippen molar-refractivity contribution in [3.63, 3.8) is 0 Å². The molecule has 1 unspecified atom stereocenters. The lowest BCUT2D eigenvalue weighted by atomic mass is 9.97. The van der Waals surface area contributed by atoms with Gasteiger partial charge in [-0.1, -0.05) is 18.2 Å². The molecule has 1 amide bonds. The number of aliphatic hydroxyl groups excluding tert-OH is 2. The summed E-state index contributed by atoms with van der Waals surface area (Å²) >= 11 is 0. The van der Waals surface area contributed by atoms with Crippen molar-refractivity contribution in [1.29, 1.82) is 0 Å². The number of carbonyl (C=O) groups is 2. The van der Waals surface area contributed by atoms with Crippen LogP contribution in [0.1, 0.15) is 24.2 Å². The van der Waals surface area contributed by atoms with E-state index in [0.29, 0.717) is 5.56 Å². The number of amides is 1. The van der Waals surface area contributed by atoms with Gasteiger partial charge in [-0.25, -0.2) is 4.79 Å². The normalized spacial score (nSPS) is 31.4. The number of hydrogen-bond donors (Lipinski definition) is 3. The number of aliphatic hydroxyl groups is 2. The van der Waals surface area contributed by atoms with E-state index in [9.17, 15) is 19.8 Å². The molecule has 1 aliphatic rings. The van der Waals surface area contributed by atoms with Gasteiger partial charge in [-0.05, 0) is 19.1 Å². The minimum absolute atomic E-state index is 0.310. The maximum Gasteiger partial charge on any atom is 0.338 e. The topological polar surface area (TPSA) is 105 Å². The van der Waals surface area contributed by atoms with Gasteiger partial charge in [0.05, 0.1) is 11.7 Å². The zero-order valence-electron chi connectivity index (χ0n) is 12.3. The van der Waals surface area contributed by atoms with Gasteiger partial charge in [0.2, 0.25) is 5.91 Å². The average Bonchev–Trinajstić information content (AvgIpc) is 2.48. The van der Waals surface area contributed by atoms with Crippen molar-refractivity contribution >= 4 is 11.9 Å². The van der Waals surface area contributed by atoms with Crippen LogP contribution in [0, 0.1) is 0 Å². The number of hydrogen-bond acceptors (Lipinski definition) is 6. The van der Waals surface area contributed by atoms with E-state index in [1.165, 1.54) is 6.92 Å². The zero-order valence-corrected chi connectivity index (χ0v) is 12.3. The van der Waals surface area contributed by atoms with Gasteiger partial charge in [-0.3, -0.25) is 4.79 Å². The predicted octanol–water partition coefficient (Wildman–Crippen LogP) is -0.185. The van der Waals surface area contributed by atoms with E-state index >= 15 is 0 Å². The molecule has 120 valence electrons. The van der Waals surface area contributed by atoms with E-state index in [2.05, 4.69) is 5.32 Å². The molecule has 7 heteroatoms. The van der Waals surface area contributed by atoms with Crippen molar-refractivity contribution in [2.45, 2.75) is 44.5 Å². The molecule has 0 aromatic heterocycles. The van der Waals surface area contributed by atoms with Gasteiger partial charge in [-0.2, -0.15) is 0 Å². The van der Waals surface area contributed by atoms with Gasteiger partial charge < -0.3 is 25.0 Å². The second-order valence-electron chi connectivity index (χ2n) is 5.18. The smallest absolute Gasteiger partial charge is 0.338 e. The van der Waals surface area contributed by atoms with Gasteiger partial charge in [-0.15, -0.1) is 0 Å². The van der Waals surface area contributed by atoms with Crippen molar-refractivity contribution in [3.05, 3.63) is 35.9 Å². The Morgan fingerprint density at radius 1 is 1.23 bits per heavy atom. The highest BCUT2D eigenvalue weighted by atomic mass is 16.6. The van der Waals surface area contributed by atoms with E-state index in [0.717, 1.165) is 0 Å². The number of rotatable bonds is 3. The van der Waals surface area contributed by atoms with Crippen molar-refractivity contribution in [2.24, 2.45) is 0 Å². The quantitative estimate of drug-likeness (QED) is 0.669. The minimum Gasteiger partial charge on any atom is -0.453 e. The maximum atomic E-state index is 12.1. The standard InChI is InChI=1S/C15H19NO6/c1-8-12(18)13(11(15(20)21-8)16-9(2)17)22-14(19)10-6-4-3-5-7-10/h3-8,11-13,15,18,20H,1-2H3,(H,16,17)/t8-,11-,12+,13-,15?/m0/s1. The first kappa shape index (κ1) is 16.4. The third kappa shape index (κ3) is 3.62. The first-order valence-electron chi connectivity index (χ1n) is 6.95. The molecular formula is C15H19NO6. The Hall–Kier alpha value is -1.96. The molecule has 2 rings (SSSR count). The Morgan fingerprint density at radius 2 is 1.86 bits per heavy atom. The van der Waals surface area contributed by atoms with Gasteiger partial charge >= 0.3 is 5.97 Å². The molecule has 5 atom stereocenters. The first-order valence-corrected chi connectivity index (χ1v) is 6.95. The summed E-state index contributed by atoms with van der Waals surface area (Å²) in [6.45, 7) is 2.80. The number of carbonyl (C=O) groups excluding carboxylic acids is 2. The average molecular weight is 309 g/mol. The van der Waals surface area contributed by atoms with E-state index in [-0.39, 0.29) is 0 Å². The summed E-state index contributed by atoms with van der Waals surface area (Å²) in [5.74, 6) is -1.09. The second kappa shape index (κ2) is 6.87. The first-order chi connectivity index (χ1) is 10.4. The molecule has 1 aromatic rings. The van der Waals surface area contributed by atoms with Crippen LogP contribution >= 0.6 is 0 Å². The fourth-order valence-electron chi connectivity index (χ4n) is 2.32. The number of nitrogens with one attached hydrogen (secondary N) is 1. The molecule has 0 radical (unpaired) electrons. The van der Waals surface area contributed by atoms with Crippen LogP contribution < -0.4 is 5.32 Å². The molecule has 0 bridgehead atoms. The Kier molecular flexibility index (Phi) is 5.12. The van der Waals surface area contributed by atoms with Crippen LogP contribution in [-0.4, -0.2) is 52.7 Å². The van der Waals surface area contributed by atoms with Crippen LogP contribution in [0.25, 0.3) is 0 Å². The molecule has 1 aromatic carbocycles. The summed E-state index contributed by atoms with van der Waals surface area (Å²) in [6.07, 6.45) is -4.41. The fourth-order valence-corrected chi connectivity index (χ4v) is 2.32. The fraction of sp³-hybridized carbons (Fsp3) is 0.467. The van der Waals surface area contributed by atoms with E-state index in [4.69, 9.17) is 9.47 Å². The van der Waals surface area contributed by atoms with Crippen molar-refractivity contribution in [2.75, 3.05) is 0 Å². The maximum absolute atomic E-state index is 12.1. The number of esters is 1. The van der Waals surface area contributed by atoms with Gasteiger partial charge in [0.1, 0.15) is 12.1 Å². The summed E-state index contributed by atoms with van der Waals surface area (Å²) in [6, 6.07) is 7.21. The summed E-state index contributed by atoms with van der Waals surface area (Å²) in [4.78, 5) is 23.4. The summed E-state index contributed by atoms with van der Waals surface area (Å²) < 4.78 is 10.4. The Morgan fingerprint density at radius 3 is 2.45 bits per heavy atom. The highest BCUT2D eigenvalue weighted by Gasteiger charge is 2.45. The third-order valence-corrected chi connectivity index (χ3v) is 3.46. The van der Waals surface area contributed by atoms with Crippen molar-refractivity contribution in [1.82, 2.24) is 5.32 Å². The van der Waals surface area contributed by atoms with E-state index in [1.54, 1.807) is 37.3 Å². The molecule has 1 fully saturated rings. The van der Waals surface area contributed by atoms with Crippen LogP contribution in [0.15, 0.2) is 30.3 Å². The molecule has 0 saturated carbocycles. The molecule has 1 heterocycles. The van der Waals surface area contributed by atoms with E-state index < -0.39 is 42.5 Å². The summed E-state index contributed by atoms with van der Waals surface area (Å²) in [7, 11) is 0. The van der Waals surface area contributed by atoms with Crippen LogP contribution in [-0.2, 0) is 14.3 Å². The molecule has 3 N–H and O–H groups in total. The van der Waals surface area contributed by atoms with E-state index in [1.807, 2.05) is 0 Å². The molecule has 1 aliphatic heterocycles. The van der Waals surface area contributed by atoms with Gasteiger partial charge in [0.15, 0.2) is 12.4 Å². The van der Waals surface area contributed by atoms with Crippen molar-refractivity contribution < 1.29 is 29.3 Å². The number of benzene rings is 1. The lowest BCUT2D eigenvalue weighted by Gasteiger charge is -2.41. The highest BCUT2D eigenvalue weighted by molar-refractivity contribution is 5.89. The van der Waals surface area contributed by atoms with Crippen LogP contribution in [0.3, 0.4) is 0 Å².